The van der Waals surface area contributed by atoms with Crippen LogP contribution in [0, 0.1) is 0 Å². The molecule has 0 saturated carbocycles. The van der Waals surface area contributed by atoms with Crippen molar-refractivity contribution in [3.63, 3.8) is 0 Å². The van der Waals surface area contributed by atoms with Crippen molar-refractivity contribution in [2.45, 2.75) is 6.42 Å². The minimum absolute atomic E-state index is 0.589. The van der Waals surface area contributed by atoms with Gasteiger partial charge in [0.1, 0.15) is 11.4 Å². The van der Waals surface area contributed by atoms with Crippen LogP contribution in [-0.2, 0) is 6.42 Å². The van der Waals surface area contributed by atoms with E-state index in [9.17, 15) is 0 Å². The van der Waals surface area contributed by atoms with Gasteiger partial charge in [0.25, 0.3) is 0 Å². The number of hydrogen-bond acceptors (Lipinski definition) is 7. The maximum Gasteiger partial charge on any atom is 0.155 e. The SMILES string of the molecule is C(=COc1ccccc1)Cc1snnc1-c1conn1. The molecule has 2 aromatic heterocycles. The van der Waals surface area contributed by atoms with Gasteiger partial charge < -0.3 is 9.26 Å². The van der Waals surface area contributed by atoms with Crippen LogP contribution in [0.1, 0.15) is 4.88 Å². The molecule has 100 valence electrons. The summed E-state index contributed by atoms with van der Waals surface area (Å²) in [5, 5.41) is 11.3. The van der Waals surface area contributed by atoms with E-state index in [-0.39, 0.29) is 0 Å². The van der Waals surface area contributed by atoms with Gasteiger partial charge in [-0.2, -0.15) is 0 Å². The van der Waals surface area contributed by atoms with Crippen LogP contribution in [0.25, 0.3) is 11.4 Å². The molecule has 0 fully saturated rings. The molecule has 0 aliphatic heterocycles. The fraction of sp³-hybridized carbons (Fsp3) is 0.0769. The summed E-state index contributed by atoms with van der Waals surface area (Å²) in [6, 6.07) is 9.58. The van der Waals surface area contributed by atoms with Crippen LogP contribution in [-0.4, -0.2) is 20.0 Å². The Morgan fingerprint density at radius 1 is 1.20 bits per heavy atom. The summed E-state index contributed by atoms with van der Waals surface area (Å²) in [6.07, 6.45) is 5.66. The molecule has 0 spiro atoms. The number of para-hydroxylation sites is 1. The Bertz CT molecular complexity index is 679. The van der Waals surface area contributed by atoms with E-state index in [2.05, 4.69) is 20.0 Å². The topological polar surface area (TPSA) is 73.9 Å². The summed E-state index contributed by atoms with van der Waals surface area (Å²) in [7, 11) is 0. The summed E-state index contributed by atoms with van der Waals surface area (Å²) < 4.78 is 14.1. The van der Waals surface area contributed by atoms with E-state index in [0.717, 1.165) is 10.6 Å². The molecule has 0 N–H and O–H groups in total. The number of hydrogen-bond donors (Lipinski definition) is 0. The highest BCUT2D eigenvalue weighted by Crippen LogP contribution is 2.22. The number of allylic oxidation sites excluding steroid dienone is 1. The van der Waals surface area contributed by atoms with Crippen molar-refractivity contribution in [3.8, 4) is 17.1 Å². The van der Waals surface area contributed by atoms with E-state index in [1.165, 1.54) is 17.8 Å². The maximum absolute atomic E-state index is 5.47. The van der Waals surface area contributed by atoms with Gasteiger partial charge in [-0.15, -0.1) is 10.2 Å². The Morgan fingerprint density at radius 2 is 2.10 bits per heavy atom. The van der Waals surface area contributed by atoms with E-state index in [1.54, 1.807) is 6.26 Å². The molecule has 0 amide bonds. The minimum Gasteiger partial charge on any atom is -0.465 e. The van der Waals surface area contributed by atoms with Crippen LogP contribution < -0.4 is 4.74 Å². The van der Waals surface area contributed by atoms with Crippen LogP contribution in [0.5, 0.6) is 5.75 Å². The lowest BCUT2D eigenvalue weighted by atomic mass is 10.2. The molecule has 0 radical (unpaired) electrons. The van der Waals surface area contributed by atoms with Gasteiger partial charge in [0.05, 0.1) is 11.1 Å². The van der Waals surface area contributed by atoms with Crippen LogP contribution in [0.3, 0.4) is 0 Å². The number of ether oxygens (including phenoxy) is 1. The van der Waals surface area contributed by atoms with Crippen molar-refractivity contribution in [1.29, 1.82) is 0 Å². The van der Waals surface area contributed by atoms with Crippen LogP contribution in [0.4, 0.5) is 0 Å². The number of rotatable bonds is 5. The summed E-state index contributed by atoms with van der Waals surface area (Å²) in [5.74, 6) is 0.798. The molecule has 0 aliphatic rings. The molecule has 1 aromatic carbocycles. The maximum atomic E-state index is 5.47. The van der Waals surface area contributed by atoms with E-state index < -0.39 is 0 Å². The summed E-state index contributed by atoms with van der Waals surface area (Å²) >= 11 is 1.32. The fourth-order valence-corrected chi connectivity index (χ4v) is 2.21. The van der Waals surface area contributed by atoms with Crippen molar-refractivity contribution >= 4 is 11.5 Å². The van der Waals surface area contributed by atoms with E-state index >= 15 is 0 Å². The first-order valence-electron chi connectivity index (χ1n) is 5.89. The molecule has 0 bridgehead atoms. The van der Waals surface area contributed by atoms with Gasteiger partial charge in [-0.3, -0.25) is 0 Å². The zero-order valence-electron chi connectivity index (χ0n) is 10.3. The Hall–Kier alpha value is -2.54. The predicted octanol–water partition coefficient (Wildman–Crippen LogP) is 2.72. The van der Waals surface area contributed by atoms with Gasteiger partial charge in [-0.05, 0) is 29.7 Å². The van der Waals surface area contributed by atoms with Crippen LogP contribution in [0.15, 0.2) is 53.5 Å². The van der Waals surface area contributed by atoms with Gasteiger partial charge >= 0.3 is 0 Å². The molecule has 3 aromatic rings. The fourth-order valence-electron chi connectivity index (χ4n) is 1.59. The first kappa shape index (κ1) is 12.5. The summed E-state index contributed by atoms with van der Waals surface area (Å²) in [5.41, 5.74) is 1.28. The Labute approximate surface area is 118 Å². The molecular weight excluding hydrogens is 276 g/mol. The van der Waals surface area contributed by atoms with E-state index in [1.807, 2.05) is 36.4 Å². The molecule has 0 aliphatic carbocycles. The highest BCUT2D eigenvalue weighted by molar-refractivity contribution is 7.06. The highest BCUT2D eigenvalue weighted by atomic mass is 32.1. The van der Waals surface area contributed by atoms with E-state index in [4.69, 9.17) is 9.26 Å². The highest BCUT2D eigenvalue weighted by Gasteiger charge is 2.12. The smallest absolute Gasteiger partial charge is 0.155 e. The van der Waals surface area contributed by atoms with Crippen LogP contribution >= 0.6 is 11.5 Å². The number of benzene rings is 1. The Morgan fingerprint density at radius 3 is 2.90 bits per heavy atom. The lowest BCUT2D eigenvalue weighted by molar-refractivity contribution is 0.393. The summed E-state index contributed by atoms with van der Waals surface area (Å²) in [6.45, 7) is 0. The second-order valence-electron chi connectivity index (χ2n) is 3.84. The molecule has 3 rings (SSSR count). The van der Waals surface area contributed by atoms with Gasteiger partial charge in [-0.25, -0.2) is 0 Å². The van der Waals surface area contributed by atoms with Crippen molar-refractivity contribution in [3.05, 3.63) is 53.8 Å². The predicted molar refractivity (Wildman–Crippen MR) is 73.1 cm³/mol. The molecule has 0 unspecified atom stereocenters. The molecule has 0 atom stereocenters. The van der Waals surface area contributed by atoms with Crippen molar-refractivity contribution in [1.82, 2.24) is 20.0 Å². The second-order valence-corrected chi connectivity index (χ2v) is 4.68. The normalized spacial score (nSPS) is 11.0. The third kappa shape index (κ3) is 2.89. The molecule has 0 saturated heterocycles. The third-order valence-corrected chi connectivity index (χ3v) is 3.25. The average Bonchev–Trinajstić information content (AvgIpc) is 3.15. The second kappa shape index (κ2) is 6.07. The lowest BCUT2D eigenvalue weighted by Crippen LogP contribution is -1.86. The number of aromatic nitrogens is 4. The van der Waals surface area contributed by atoms with Gasteiger partial charge in [0.15, 0.2) is 12.0 Å². The zero-order valence-corrected chi connectivity index (χ0v) is 11.2. The van der Waals surface area contributed by atoms with Crippen molar-refractivity contribution in [2.24, 2.45) is 0 Å². The number of nitrogens with zero attached hydrogens (tertiary/aromatic N) is 4. The third-order valence-electron chi connectivity index (χ3n) is 2.51. The Kier molecular flexibility index (Phi) is 3.79. The molecule has 2 heterocycles. The largest absolute Gasteiger partial charge is 0.465 e. The van der Waals surface area contributed by atoms with Crippen molar-refractivity contribution < 1.29 is 9.26 Å². The minimum atomic E-state index is 0.589. The zero-order chi connectivity index (χ0) is 13.6. The quantitative estimate of drug-likeness (QED) is 0.671. The monoisotopic (exact) mass is 286 g/mol. The average molecular weight is 286 g/mol. The summed E-state index contributed by atoms with van der Waals surface area (Å²) in [4.78, 5) is 0.980. The first-order chi connectivity index (χ1) is 9.93. The van der Waals surface area contributed by atoms with E-state index in [0.29, 0.717) is 17.8 Å². The molecule has 7 heteroatoms. The standard InChI is InChI=1S/C13H10N4O2S/c1-2-5-10(6-3-1)18-8-4-7-12-13(15-17-20-12)11-9-19-16-14-11/h1-6,8-9H,7H2. The van der Waals surface area contributed by atoms with Gasteiger partial charge in [0.2, 0.25) is 0 Å². The molecule has 6 nitrogen and oxygen atoms in total. The van der Waals surface area contributed by atoms with Crippen LogP contribution in [0.2, 0.25) is 0 Å². The first-order valence-corrected chi connectivity index (χ1v) is 6.66. The Balaban J connectivity index is 1.63. The van der Waals surface area contributed by atoms with Gasteiger partial charge in [0, 0.05) is 11.7 Å². The van der Waals surface area contributed by atoms with Gasteiger partial charge in [-0.1, -0.05) is 22.7 Å². The van der Waals surface area contributed by atoms with Crippen molar-refractivity contribution in [2.75, 3.05) is 0 Å². The lowest BCUT2D eigenvalue weighted by Gasteiger charge is -1.98. The molecular formula is C13H10N4O2S. The molecule has 20 heavy (non-hydrogen) atoms.